The van der Waals surface area contributed by atoms with Crippen molar-refractivity contribution in [2.45, 2.75) is 162 Å². The minimum Gasteiger partial charge on any atom is -0.550 e. The van der Waals surface area contributed by atoms with Crippen molar-refractivity contribution in [1.82, 2.24) is 0 Å². The van der Waals surface area contributed by atoms with Crippen LogP contribution in [0.4, 0.5) is 0 Å². The Kier molecular flexibility index (Phi) is 28.6. The Balaban J connectivity index is 0. The van der Waals surface area contributed by atoms with Gasteiger partial charge >= 0.3 is 19.5 Å². The summed E-state index contributed by atoms with van der Waals surface area (Å²) in [5, 5.41) is 32.6. The van der Waals surface area contributed by atoms with Crippen molar-refractivity contribution in [2.75, 3.05) is 0 Å². The van der Waals surface area contributed by atoms with Gasteiger partial charge in [0.25, 0.3) is 0 Å². The van der Waals surface area contributed by atoms with Crippen molar-refractivity contribution in [1.29, 1.82) is 0 Å². The number of aromatic carboxylic acids is 2. The van der Waals surface area contributed by atoms with Crippen LogP contribution in [0.25, 0.3) is 0 Å². The Hall–Kier alpha value is -1.75. The molecule has 0 atom stereocenters. The average molecular weight is 625 g/mol. The average Bonchev–Trinajstić information content (AvgIpc) is 2.92. The van der Waals surface area contributed by atoms with Gasteiger partial charge in [0.1, 0.15) is 0 Å². The molecule has 1 aromatic carbocycles. The van der Waals surface area contributed by atoms with Gasteiger partial charge in [-0.1, -0.05) is 136 Å². The topological polar surface area (TPSA) is 120 Å². The summed E-state index contributed by atoms with van der Waals surface area (Å²) in [6.07, 6.45) is 24.8. The van der Waals surface area contributed by atoms with E-state index in [0.29, 0.717) is 12.0 Å². The van der Waals surface area contributed by atoms with E-state index >= 15 is 0 Å². The zero-order chi connectivity index (χ0) is 30.0. The van der Waals surface area contributed by atoms with Gasteiger partial charge in [-0.15, -0.1) is 0 Å². The number of carboxylic acid groups (broad SMARTS) is 3. The molecule has 6 nitrogen and oxygen atoms in total. The second-order valence-corrected chi connectivity index (χ2v) is 11.0. The number of aliphatic carboxylic acids is 1. The first-order chi connectivity index (χ1) is 19.3. The Morgan fingerprint density at radius 3 is 1.34 bits per heavy atom. The number of rotatable bonds is 24. The molecular formula is C34H55O6Zn-. The number of hydrogen-bond donors (Lipinski definition) is 0. The Morgan fingerprint density at radius 1 is 0.537 bits per heavy atom. The summed E-state index contributed by atoms with van der Waals surface area (Å²) in [6.45, 7) is 6.33. The molecule has 0 aliphatic heterocycles. The Bertz CT molecular complexity index is 824. The summed E-state index contributed by atoms with van der Waals surface area (Å²) >= 11 is 0. The van der Waals surface area contributed by atoms with Gasteiger partial charge < -0.3 is 29.7 Å². The number of hydrogen-bond acceptors (Lipinski definition) is 6. The summed E-state index contributed by atoms with van der Waals surface area (Å²) in [6, 6.07) is 3.03. The molecule has 0 N–H and O–H groups in total. The Morgan fingerprint density at radius 2 is 0.951 bits per heavy atom. The molecule has 0 aliphatic carbocycles. The molecule has 0 unspecified atom stereocenters. The van der Waals surface area contributed by atoms with Crippen LogP contribution >= 0.6 is 0 Å². The third kappa shape index (κ3) is 21.6. The number of carbonyl (C=O) groups is 3. The minimum atomic E-state index is -1.47. The van der Waals surface area contributed by atoms with E-state index < -0.39 is 17.9 Å². The summed E-state index contributed by atoms with van der Waals surface area (Å²) in [4.78, 5) is 32.6. The maximum atomic E-state index is 11.3. The zero-order valence-corrected chi connectivity index (χ0v) is 29.3. The molecule has 0 amide bonds. The number of carbonyl (C=O) groups excluding carboxylic acids is 3. The van der Waals surface area contributed by atoms with Crippen molar-refractivity contribution >= 4 is 17.9 Å². The summed E-state index contributed by atoms with van der Waals surface area (Å²) in [5.41, 5.74) is 1.02. The summed E-state index contributed by atoms with van der Waals surface area (Å²) in [7, 11) is 0. The van der Waals surface area contributed by atoms with E-state index in [1.807, 2.05) is 6.92 Å². The fraction of sp³-hybridized carbons (Fsp3) is 0.735. The molecule has 0 radical (unpaired) electrons. The quantitative estimate of drug-likeness (QED) is 0.101. The fourth-order valence-electron chi connectivity index (χ4n) is 4.98. The van der Waals surface area contributed by atoms with Crippen LogP contribution in [0.5, 0.6) is 0 Å². The van der Waals surface area contributed by atoms with Gasteiger partial charge in [-0.2, -0.15) is 0 Å². The number of unbranched alkanes of at least 4 members (excludes halogenated alkanes) is 16. The van der Waals surface area contributed by atoms with E-state index in [2.05, 4.69) is 13.8 Å². The molecule has 41 heavy (non-hydrogen) atoms. The van der Waals surface area contributed by atoms with Crippen LogP contribution in [0.3, 0.4) is 0 Å². The first-order valence-electron chi connectivity index (χ1n) is 16.1. The molecule has 0 saturated carbocycles. The predicted molar refractivity (Wildman–Crippen MR) is 157 cm³/mol. The van der Waals surface area contributed by atoms with E-state index in [4.69, 9.17) is 0 Å². The molecule has 1 rings (SSSR count). The second kappa shape index (κ2) is 28.4. The van der Waals surface area contributed by atoms with Gasteiger partial charge in [0, 0.05) is 17.1 Å². The predicted octanol–water partition coefficient (Wildman–Crippen LogP) is 6.09. The molecule has 0 heterocycles. The van der Waals surface area contributed by atoms with E-state index in [-0.39, 0.29) is 37.0 Å². The second-order valence-electron chi connectivity index (χ2n) is 11.0. The van der Waals surface area contributed by atoms with Gasteiger partial charge in [0.05, 0.1) is 11.9 Å². The van der Waals surface area contributed by atoms with Crippen molar-refractivity contribution in [3.8, 4) is 0 Å². The van der Waals surface area contributed by atoms with Gasteiger partial charge in [-0.3, -0.25) is 0 Å². The largest absolute Gasteiger partial charge is 2.00 e. The molecule has 1 aromatic rings. The smallest absolute Gasteiger partial charge is 0.550 e. The van der Waals surface area contributed by atoms with Gasteiger partial charge in [0.2, 0.25) is 0 Å². The first-order valence-corrected chi connectivity index (χ1v) is 16.1. The fourth-order valence-corrected chi connectivity index (χ4v) is 4.98. The summed E-state index contributed by atoms with van der Waals surface area (Å²) < 4.78 is 0. The molecular weight excluding hydrogens is 570 g/mol. The van der Waals surface area contributed by atoms with Crippen molar-refractivity contribution in [3.05, 3.63) is 34.4 Å². The number of carboxylic acids is 3. The molecule has 7 heteroatoms. The third-order valence-electron chi connectivity index (χ3n) is 7.40. The van der Waals surface area contributed by atoms with E-state index in [9.17, 15) is 29.7 Å². The molecule has 0 bridgehead atoms. The zero-order valence-electron chi connectivity index (χ0n) is 26.4. The van der Waals surface area contributed by atoms with E-state index in [1.54, 1.807) is 6.07 Å². The summed E-state index contributed by atoms with van der Waals surface area (Å²) in [5.74, 6) is -3.81. The van der Waals surface area contributed by atoms with Gasteiger partial charge in [0.15, 0.2) is 0 Å². The van der Waals surface area contributed by atoms with Crippen LogP contribution in [0.1, 0.15) is 181 Å². The molecule has 0 fully saturated rings. The van der Waals surface area contributed by atoms with Crippen LogP contribution in [0, 0.1) is 0 Å². The third-order valence-corrected chi connectivity index (χ3v) is 7.40. The maximum absolute atomic E-state index is 11.3. The molecule has 0 aliphatic rings. The van der Waals surface area contributed by atoms with Crippen LogP contribution in [-0.4, -0.2) is 17.9 Å². The molecule has 0 saturated heterocycles. The minimum absolute atomic E-state index is 0. The van der Waals surface area contributed by atoms with Crippen LogP contribution < -0.4 is 15.3 Å². The van der Waals surface area contributed by atoms with Crippen LogP contribution in [-0.2, 0) is 37.1 Å². The maximum Gasteiger partial charge on any atom is 2.00 e. The first kappa shape index (κ1) is 41.4. The monoisotopic (exact) mass is 623 g/mol. The van der Waals surface area contributed by atoms with Crippen molar-refractivity contribution < 1.29 is 49.2 Å². The van der Waals surface area contributed by atoms with Gasteiger partial charge in [-0.05, 0) is 49.7 Å². The standard InChI is InChI=1S/C18H36O2.C16H22O4.Zn/c1-2-3-4-5-6-7-8-9-10-11-12-13-14-15-16-17-18(19)20;1-3-5-7-11-9-10-13(15(17)18)14(16(19)20)12(11)8-6-4-2;/h2-17H2,1H3,(H,19,20);9-10H,3-8H2,1-2H3,(H,17,18)(H,19,20);/q;;+2/p-3. The molecule has 0 spiro atoms. The van der Waals surface area contributed by atoms with E-state index in [0.717, 1.165) is 50.5 Å². The van der Waals surface area contributed by atoms with Crippen molar-refractivity contribution in [2.24, 2.45) is 0 Å². The Labute approximate surface area is 262 Å². The normalized spacial score (nSPS) is 10.4. The number of aryl methyl sites for hydroxylation is 1. The molecule has 230 valence electrons. The molecule has 0 aromatic heterocycles. The van der Waals surface area contributed by atoms with E-state index in [1.165, 1.54) is 89.5 Å². The van der Waals surface area contributed by atoms with Crippen molar-refractivity contribution in [3.63, 3.8) is 0 Å². The van der Waals surface area contributed by atoms with Gasteiger partial charge in [-0.25, -0.2) is 0 Å². The SMILES string of the molecule is CCCCCCCCCCCCCCCCCC(=O)[O-].CCCCc1ccc(C(=O)[O-])c(C(=O)[O-])c1CCCC.[Zn+2]. The van der Waals surface area contributed by atoms with Crippen LogP contribution in [0.2, 0.25) is 0 Å². The van der Waals surface area contributed by atoms with Crippen LogP contribution in [0.15, 0.2) is 12.1 Å². The number of benzene rings is 1.